The van der Waals surface area contributed by atoms with Gasteiger partial charge < -0.3 is 0 Å². The van der Waals surface area contributed by atoms with Gasteiger partial charge in [-0.15, -0.1) is 0 Å². The lowest BCUT2D eigenvalue weighted by Crippen LogP contribution is -2.25. The van der Waals surface area contributed by atoms with Gasteiger partial charge in [0.05, 0.1) is 5.69 Å². The van der Waals surface area contributed by atoms with E-state index >= 15 is 0 Å². The van der Waals surface area contributed by atoms with E-state index in [9.17, 15) is 0 Å². The summed E-state index contributed by atoms with van der Waals surface area (Å²) < 4.78 is 1.77. The van der Waals surface area contributed by atoms with E-state index in [1.54, 1.807) is 16.0 Å². The molecule has 3 nitrogen and oxygen atoms in total. The fourth-order valence-corrected chi connectivity index (χ4v) is 3.32. The zero-order valence-corrected chi connectivity index (χ0v) is 12.8. The van der Waals surface area contributed by atoms with Crippen LogP contribution in [0.5, 0.6) is 0 Å². The van der Waals surface area contributed by atoms with E-state index in [4.69, 9.17) is 11.6 Å². The summed E-state index contributed by atoms with van der Waals surface area (Å²) in [5, 5.41) is 9.54. The van der Waals surface area contributed by atoms with Crippen LogP contribution in [0.15, 0.2) is 16.8 Å². The highest BCUT2D eigenvalue weighted by molar-refractivity contribution is 7.07. The van der Waals surface area contributed by atoms with Crippen LogP contribution < -0.4 is 0 Å². The highest BCUT2D eigenvalue weighted by atomic mass is 35.5. The summed E-state index contributed by atoms with van der Waals surface area (Å²) in [7, 11) is 1.90. The van der Waals surface area contributed by atoms with Gasteiger partial charge in [-0.3, -0.25) is 9.58 Å². The maximum atomic E-state index is 6.34. The third kappa shape index (κ3) is 2.86. The number of rotatable bonds is 5. The number of aryl methyl sites for hydroxylation is 2. The van der Waals surface area contributed by atoms with Crippen molar-refractivity contribution in [3.8, 4) is 0 Å². The molecule has 2 aromatic heterocycles. The Hall–Kier alpha value is -0.840. The Morgan fingerprint density at radius 3 is 2.79 bits per heavy atom. The lowest BCUT2D eigenvalue weighted by molar-refractivity contribution is 0.245. The molecule has 0 spiro atoms. The molecule has 2 aromatic rings. The molecule has 2 heterocycles. The SMILES string of the molecule is Cc1nn(C)c(Cl)c1CN(Cc1ccsc1)C1CC1. The molecule has 19 heavy (non-hydrogen) atoms. The quantitative estimate of drug-likeness (QED) is 0.840. The summed E-state index contributed by atoms with van der Waals surface area (Å²) in [6.07, 6.45) is 2.61. The van der Waals surface area contributed by atoms with Crippen molar-refractivity contribution in [3.63, 3.8) is 0 Å². The van der Waals surface area contributed by atoms with Crippen molar-refractivity contribution in [2.75, 3.05) is 0 Å². The van der Waals surface area contributed by atoms with Gasteiger partial charge in [0, 0.05) is 31.7 Å². The van der Waals surface area contributed by atoms with Gasteiger partial charge in [-0.25, -0.2) is 0 Å². The number of halogens is 1. The van der Waals surface area contributed by atoms with Gasteiger partial charge in [-0.2, -0.15) is 16.4 Å². The molecule has 0 amide bonds. The fraction of sp³-hybridized carbons (Fsp3) is 0.500. The van der Waals surface area contributed by atoms with Crippen molar-refractivity contribution in [2.24, 2.45) is 7.05 Å². The highest BCUT2D eigenvalue weighted by Crippen LogP contribution is 2.32. The molecule has 1 aliphatic rings. The molecular weight excluding hydrogens is 278 g/mol. The van der Waals surface area contributed by atoms with Crippen LogP contribution in [-0.2, 0) is 20.1 Å². The number of hydrogen-bond acceptors (Lipinski definition) is 3. The van der Waals surface area contributed by atoms with Crippen LogP contribution in [0.2, 0.25) is 5.15 Å². The third-order valence-electron chi connectivity index (χ3n) is 3.66. The zero-order valence-electron chi connectivity index (χ0n) is 11.3. The predicted octanol–water partition coefficient (Wildman–Crippen LogP) is 3.61. The average molecular weight is 296 g/mol. The summed E-state index contributed by atoms with van der Waals surface area (Å²) >= 11 is 8.10. The van der Waals surface area contributed by atoms with Crippen LogP contribution in [0, 0.1) is 6.92 Å². The summed E-state index contributed by atoms with van der Waals surface area (Å²) in [5.74, 6) is 0. The fourth-order valence-electron chi connectivity index (χ4n) is 2.43. The van der Waals surface area contributed by atoms with Gasteiger partial charge in [0.15, 0.2) is 0 Å². The monoisotopic (exact) mass is 295 g/mol. The standard InChI is InChI=1S/C14H18ClN3S/c1-10-13(14(15)17(2)16-10)8-18(12-3-4-12)7-11-5-6-19-9-11/h5-6,9,12H,3-4,7-8H2,1-2H3. The molecule has 0 aliphatic heterocycles. The lowest BCUT2D eigenvalue weighted by atomic mass is 10.2. The largest absolute Gasteiger partial charge is 0.292 e. The topological polar surface area (TPSA) is 21.1 Å². The van der Waals surface area contributed by atoms with Crippen LogP contribution >= 0.6 is 22.9 Å². The first kappa shape index (κ1) is 13.2. The molecule has 1 fully saturated rings. The van der Waals surface area contributed by atoms with Gasteiger partial charge in [-0.05, 0) is 42.2 Å². The summed E-state index contributed by atoms with van der Waals surface area (Å²) in [4.78, 5) is 2.53. The molecule has 0 N–H and O–H groups in total. The lowest BCUT2D eigenvalue weighted by Gasteiger charge is -2.21. The third-order valence-corrected chi connectivity index (χ3v) is 4.86. The molecule has 0 aromatic carbocycles. The Morgan fingerprint density at radius 2 is 2.26 bits per heavy atom. The second-order valence-electron chi connectivity index (χ2n) is 5.25. The molecule has 0 unspecified atom stereocenters. The minimum Gasteiger partial charge on any atom is -0.292 e. The van der Waals surface area contributed by atoms with E-state index in [1.165, 1.54) is 24.0 Å². The van der Waals surface area contributed by atoms with Crippen LogP contribution in [0.4, 0.5) is 0 Å². The molecule has 3 rings (SSSR count). The van der Waals surface area contributed by atoms with Crippen molar-refractivity contribution in [1.29, 1.82) is 0 Å². The number of thiophene rings is 1. The molecule has 102 valence electrons. The van der Waals surface area contributed by atoms with Crippen LogP contribution in [0.1, 0.15) is 29.7 Å². The minimum atomic E-state index is 0.718. The number of nitrogens with zero attached hydrogens (tertiary/aromatic N) is 3. The van der Waals surface area contributed by atoms with E-state index < -0.39 is 0 Å². The number of aromatic nitrogens is 2. The van der Waals surface area contributed by atoms with Crippen molar-refractivity contribution >= 4 is 22.9 Å². The Bertz CT molecular complexity index is 558. The van der Waals surface area contributed by atoms with Gasteiger partial charge in [0.1, 0.15) is 5.15 Å². The first-order chi connectivity index (χ1) is 9.15. The molecule has 5 heteroatoms. The molecule has 1 aliphatic carbocycles. The second kappa shape index (κ2) is 5.27. The Kier molecular flexibility index (Phi) is 3.65. The van der Waals surface area contributed by atoms with Crippen LogP contribution in [-0.4, -0.2) is 20.7 Å². The van der Waals surface area contributed by atoms with Gasteiger partial charge in [0.25, 0.3) is 0 Å². The van der Waals surface area contributed by atoms with Gasteiger partial charge >= 0.3 is 0 Å². The second-order valence-corrected chi connectivity index (χ2v) is 6.38. The molecule has 0 bridgehead atoms. The molecular formula is C14H18ClN3S. The first-order valence-electron chi connectivity index (χ1n) is 6.58. The number of hydrogen-bond donors (Lipinski definition) is 0. The van der Waals surface area contributed by atoms with E-state index in [-0.39, 0.29) is 0 Å². The van der Waals surface area contributed by atoms with Crippen molar-refractivity contribution in [1.82, 2.24) is 14.7 Å². The summed E-state index contributed by atoms with van der Waals surface area (Å²) in [6.45, 7) is 3.95. The molecule has 1 saturated carbocycles. The average Bonchev–Trinajstić information content (AvgIpc) is 3.05. The van der Waals surface area contributed by atoms with Crippen molar-refractivity contribution in [2.45, 2.75) is 38.9 Å². The van der Waals surface area contributed by atoms with Gasteiger partial charge in [0.2, 0.25) is 0 Å². The first-order valence-corrected chi connectivity index (χ1v) is 7.90. The summed E-state index contributed by atoms with van der Waals surface area (Å²) in [5.41, 5.74) is 3.62. The van der Waals surface area contributed by atoms with E-state index in [2.05, 4.69) is 26.8 Å². The normalized spacial score (nSPS) is 15.4. The predicted molar refractivity (Wildman–Crippen MR) is 79.5 cm³/mol. The Morgan fingerprint density at radius 1 is 1.47 bits per heavy atom. The molecule has 0 saturated heterocycles. The smallest absolute Gasteiger partial charge is 0.131 e. The highest BCUT2D eigenvalue weighted by Gasteiger charge is 2.30. The minimum absolute atomic E-state index is 0.718. The maximum Gasteiger partial charge on any atom is 0.131 e. The maximum absolute atomic E-state index is 6.34. The van der Waals surface area contributed by atoms with Crippen LogP contribution in [0.3, 0.4) is 0 Å². The van der Waals surface area contributed by atoms with E-state index in [0.29, 0.717) is 0 Å². The van der Waals surface area contributed by atoms with Crippen molar-refractivity contribution in [3.05, 3.63) is 38.8 Å². The van der Waals surface area contributed by atoms with Crippen LogP contribution in [0.25, 0.3) is 0 Å². The van der Waals surface area contributed by atoms with E-state index in [1.807, 2.05) is 14.0 Å². The molecule has 0 radical (unpaired) electrons. The Balaban J connectivity index is 1.78. The van der Waals surface area contributed by atoms with E-state index in [0.717, 1.165) is 30.0 Å². The zero-order chi connectivity index (χ0) is 13.4. The Labute approximate surface area is 122 Å². The molecule has 0 atom stereocenters. The van der Waals surface area contributed by atoms with Crippen molar-refractivity contribution < 1.29 is 0 Å². The van der Waals surface area contributed by atoms with Gasteiger partial charge in [-0.1, -0.05) is 11.6 Å². The summed E-state index contributed by atoms with van der Waals surface area (Å²) in [6, 6.07) is 2.92.